The molecule has 2 aromatic carbocycles. The highest BCUT2D eigenvalue weighted by Crippen LogP contribution is 2.43. The van der Waals surface area contributed by atoms with Gasteiger partial charge in [-0.15, -0.1) is 0 Å². The lowest BCUT2D eigenvalue weighted by atomic mass is 9.85. The number of primary amides is 1. The smallest absolute Gasteiger partial charge is 0.262 e. The molecule has 1 saturated carbocycles. The lowest BCUT2D eigenvalue weighted by Gasteiger charge is -2.39. The number of halogens is 1. The summed E-state index contributed by atoms with van der Waals surface area (Å²) < 4.78 is 11.9. The maximum absolute atomic E-state index is 13.8. The quantitative estimate of drug-likeness (QED) is 0.379. The van der Waals surface area contributed by atoms with E-state index in [1.807, 2.05) is 60.4 Å². The Kier molecular flexibility index (Phi) is 8.85. The average Bonchev–Trinajstić information content (AvgIpc) is 3.13. The van der Waals surface area contributed by atoms with E-state index in [1.165, 1.54) is 18.2 Å². The van der Waals surface area contributed by atoms with Gasteiger partial charge < -0.3 is 25.4 Å². The highest BCUT2D eigenvalue weighted by Gasteiger charge is 2.42. The van der Waals surface area contributed by atoms with Gasteiger partial charge in [0.15, 0.2) is 23.6 Å². The third-order valence-corrected chi connectivity index (χ3v) is 8.12. The van der Waals surface area contributed by atoms with Crippen LogP contribution in [0.4, 0.5) is 5.69 Å². The van der Waals surface area contributed by atoms with Crippen molar-refractivity contribution in [1.82, 2.24) is 4.90 Å². The third kappa shape index (κ3) is 6.18. The van der Waals surface area contributed by atoms with Crippen molar-refractivity contribution in [3.63, 3.8) is 0 Å². The molecule has 1 heterocycles. The largest absolute Gasteiger partial charge is 0.490 e. The number of ether oxygens (including phenoxy) is 2. The maximum Gasteiger partial charge on any atom is 0.262 e. The monoisotopic (exact) mass is 573 g/mol. The van der Waals surface area contributed by atoms with Gasteiger partial charge in [-0.2, -0.15) is 0 Å². The number of nitrogens with zero attached hydrogens (tertiary/aromatic N) is 1. The summed E-state index contributed by atoms with van der Waals surface area (Å²) in [6.45, 7) is 4.29. The van der Waals surface area contributed by atoms with Crippen LogP contribution in [-0.2, 0) is 9.59 Å². The Balaban J connectivity index is 1.66. The van der Waals surface area contributed by atoms with Gasteiger partial charge in [-0.25, -0.2) is 0 Å². The molecule has 1 saturated heterocycles. The normalized spacial score (nSPS) is 23.1. The Bertz CT molecular complexity index is 1130. The van der Waals surface area contributed by atoms with Crippen LogP contribution < -0.4 is 20.5 Å². The summed E-state index contributed by atoms with van der Waals surface area (Å²) in [7, 11) is 0. The summed E-state index contributed by atoms with van der Waals surface area (Å²) in [5.41, 5.74) is 6.83. The maximum atomic E-state index is 13.8. The van der Waals surface area contributed by atoms with Crippen LogP contribution in [0.2, 0.25) is 0 Å². The molecule has 0 radical (unpaired) electrons. The van der Waals surface area contributed by atoms with Crippen LogP contribution >= 0.6 is 27.7 Å². The molecule has 1 aliphatic carbocycles. The summed E-state index contributed by atoms with van der Waals surface area (Å²) in [4.78, 5) is 27.7. The van der Waals surface area contributed by atoms with Gasteiger partial charge in [0, 0.05) is 11.7 Å². The van der Waals surface area contributed by atoms with Crippen molar-refractivity contribution in [3.8, 4) is 11.5 Å². The Hall–Kier alpha value is -2.65. The molecule has 0 bridgehead atoms. The minimum Gasteiger partial charge on any atom is -0.490 e. The Morgan fingerprint density at radius 2 is 1.97 bits per heavy atom. The first-order valence-corrected chi connectivity index (χ1v) is 13.9. The third-order valence-electron chi connectivity index (χ3n) is 6.41. The number of nitrogens with one attached hydrogen (secondary N) is 1. The molecule has 2 aliphatic rings. The van der Waals surface area contributed by atoms with Gasteiger partial charge in [-0.3, -0.25) is 9.59 Å². The molecule has 2 fully saturated rings. The number of rotatable bonds is 9. The fourth-order valence-corrected chi connectivity index (χ4v) is 6.52. The highest BCUT2D eigenvalue weighted by molar-refractivity contribution is 9.10. The van der Waals surface area contributed by atoms with Crippen LogP contribution in [0, 0.1) is 5.92 Å². The summed E-state index contributed by atoms with van der Waals surface area (Å²) in [5.74, 6) is 0.799. The molecular formula is C27H32BrN3O4S. The van der Waals surface area contributed by atoms with E-state index in [0.29, 0.717) is 33.4 Å². The van der Waals surface area contributed by atoms with Crippen molar-refractivity contribution in [3.05, 3.63) is 57.4 Å². The number of amides is 2. The predicted octanol–water partition coefficient (Wildman–Crippen LogP) is 5.60. The van der Waals surface area contributed by atoms with Gasteiger partial charge in [0.1, 0.15) is 0 Å². The molecule has 4 rings (SSSR count). The van der Waals surface area contributed by atoms with Crippen molar-refractivity contribution in [1.29, 1.82) is 0 Å². The van der Waals surface area contributed by atoms with Crippen LogP contribution in [0.25, 0.3) is 6.08 Å². The topological polar surface area (TPSA) is 93.9 Å². The highest BCUT2D eigenvalue weighted by atomic mass is 79.9. The van der Waals surface area contributed by atoms with Crippen molar-refractivity contribution >= 4 is 51.3 Å². The molecule has 0 aromatic heterocycles. The number of hydrogen-bond donors (Lipinski definition) is 2. The number of hydrogen-bond acceptors (Lipinski definition) is 6. The second-order valence-corrected chi connectivity index (χ2v) is 11.0. The van der Waals surface area contributed by atoms with E-state index < -0.39 is 5.91 Å². The van der Waals surface area contributed by atoms with Gasteiger partial charge in [0.05, 0.1) is 16.0 Å². The summed E-state index contributed by atoms with van der Waals surface area (Å²) in [6, 6.07) is 13.9. The fourth-order valence-electron chi connectivity index (χ4n) is 4.74. The Morgan fingerprint density at radius 1 is 1.22 bits per heavy atom. The van der Waals surface area contributed by atoms with Crippen molar-refractivity contribution in [2.75, 3.05) is 18.5 Å². The van der Waals surface area contributed by atoms with E-state index in [9.17, 15) is 9.59 Å². The number of benzene rings is 2. The number of carbonyl (C=O) groups is 2. The summed E-state index contributed by atoms with van der Waals surface area (Å²) in [6.07, 6.45) is 6.39. The van der Waals surface area contributed by atoms with Crippen LogP contribution in [0.15, 0.2) is 51.8 Å². The van der Waals surface area contributed by atoms with Crippen molar-refractivity contribution in [2.24, 2.45) is 11.7 Å². The SMILES string of the molecule is CCOc1cc(/C=C2\SC(Nc3ccccc3)N([C@@H]3CCCC[C@H]3C)C2=O)cc(Br)c1OCC(N)=O. The molecule has 0 spiro atoms. The molecule has 3 N–H and O–H groups in total. The second-order valence-electron chi connectivity index (χ2n) is 9.05. The van der Waals surface area contributed by atoms with Gasteiger partial charge in [0.2, 0.25) is 0 Å². The van der Waals surface area contributed by atoms with Gasteiger partial charge in [-0.05, 0) is 77.5 Å². The molecule has 7 nitrogen and oxygen atoms in total. The fraction of sp³-hybridized carbons (Fsp3) is 0.407. The zero-order chi connectivity index (χ0) is 25.7. The molecule has 9 heteroatoms. The van der Waals surface area contributed by atoms with E-state index in [-0.39, 0.29) is 24.1 Å². The number of anilines is 1. The number of nitrogens with two attached hydrogens (primary N) is 1. The first-order chi connectivity index (χ1) is 17.4. The standard InChI is InChI=1S/C27H32BrN3O4S/c1-3-34-22-14-18(13-20(28)25(22)35-16-24(29)32)15-23-26(33)31(21-12-8-7-9-17(21)2)27(36-23)30-19-10-5-4-6-11-19/h4-6,10-11,13-15,17,21,27,30H,3,7-9,12,16H2,1-2H3,(H2,29,32)/b23-15-/t17-,21-,27?/m1/s1. The van der Waals surface area contributed by atoms with E-state index >= 15 is 0 Å². The van der Waals surface area contributed by atoms with Crippen molar-refractivity contribution < 1.29 is 19.1 Å². The lowest BCUT2D eigenvalue weighted by molar-refractivity contribution is -0.129. The molecule has 1 aliphatic heterocycles. The van der Waals surface area contributed by atoms with Crippen LogP contribution in [0.1, 0.15) is 45.1 Å². The summed E-state index contributed by atoms with van der Waals surface area (Å²) in [5, 5.41) is 3.56. The number of para-hydroxylation sites is 1. The van der Waals surface area contributed by atoms with E-state index in [2.05, 4.69) is 28.2 Å². The molecular weight excluding hydrogens is 542 g/mol. The Labute approximate surface area is 224 Å². The summed E-state index contributed by atoms with van der Waals surface area (Å²) >= 11 is 5.05. The molecule has 2 aromatic rings. The second kappa shape index (κ2) is 12.1. The van der Waals surface area contributed by atoms with E-state index in [4.69, 9.17) is 15.2 Å². The minimum absolute atomic E-state index is 0.0373. The first-order valence-electron chi connectivity index (χ1n) is 12.3. The van der Waals surface area contributed by atoms with Crippen LogP contribution in [0.3, 0.4) is 0 Å². The lowest BCUT2D eigenvalue weighted by Crippen LogP contribution is -2.48. The van der Waals surface area contributed by atoms with Gasteiger partial charge in [-0.1, -0.05) is 49.7 Å². The van der Waals surface area contributed by atoms with Crippen LogP contribution in [-0.4, -0.2) is 41.5 Å². The minimum atomic E-state index is -0.572. The van der Waals surface area contributed by atoms with Crippen molar-refractivity contribution in [2.45, 2.75) is 51.1 Å². The Morgan fingerprint density at radius 3 is 2.67 bits per heavy atom. The predicted molar refractivity (Wildman–Crippen MR) is 148 cm³/mol. The molecule has 1 unspecified atom stereocenters. The van der Waals surface area contributed by atoms with E-state index in [1.54, 1.807) is 0 Å². The molecule has 36 heavy (non-hydrogen) atoms. The molecule has 2 amide bonds. The number of carbonyl (C=O) groups excluding carboxylic acids is 2. The first kappa shape index (κ1) is 26.4. The van der Waals surface area contributed by atoms with Gasteiger partial charge in [0.25, 0.3) is 11.8 Å². The van der Waals surface area contributed by atoms with Gasteiger partial charge >= 0.3 is 0 Å². The zero-order valence-electron chi connectivity index (χ0n) is 20.5. The van der Waals surface area contributed by atoms with E-state index in [0.717, 1.165) is 30.5 Å². The molecule has 192 valence electrons. The average molecular weight is 575 g/mol. The van der Waals surface area contributed by atoms with Crippen LogP contribution in [0.5, 0.6) is 11.5 Å². The zero-order valence-corrected chi connectivity index (χ0v) is 22.9. The molecule has 3 atom stereocenters. The number of thioether (sulfide) groups is 1.